The summed E-state index contributed by atoms with van der Waals surface area (Å²) in [5.41, 5.74) is 3.89. The molecule has 3 aromatic rings. The molecule has 0 saturated heterocycles. The topological polar surface area (TPSA) is 91.9 Å². The van der Waals surface area contributed by atoms with E-state index in [1.165, 1.54) is 11.1 Å². The Labute approximate surface area is 208 Å². The van der Waals surface area contributed by atoms with Gasteiger partial charge in [-0.2, -0.15) is 0 Å². The SMILES string of the molecule is CCC(CC)(c1ccc(OCC(O)C(C)(C)C)c(C)c1)c1ccc2oc(CNCC(=O)O)cc2c1. The summed E-state index contributed by atoms with van der Waals surface area (Å²) >= 11 is 0. The minimum atomic E-state index is -0.892. The van der Waals surface area contributed by atoms with Gasteiger partial charge in [-0.25, -0.2) is 0 Å². The second kappa shape index (κ2) is 10.8. The molecule has 35 heavy (non-hydrogen) atoms. The van der Waals surface area contributed by atoms with Crippen molar-refractivity contribution in [2.24, 2.45) is 5.41 Å². The van der Waals surface area contributed by atoms with E-state index in [1.54, 1.807) is 0 Å². The van der Waals surface area contributed by atoms with Crippen LogP contribution in [0.1, 0.15) is 69.9 Å². The van der Waals surface area contributed by atoms with Crippen molar-refractivity contribution >= 4 is 16.9 Å². The zero-order valence-corrected chi connectivity index (χ0v) is 21.8. The fourth-order valence-electron chi connectivity index (χ4n) is 4.54. The van der Waals surface area contributed by atoms with Gasteiger partial charge >= 0.3 is 5.97 Å². The molecule has 0 aliphatic carbocycles. The first-order valence-corrected chi connectivity index (χ1v) is 12.4. The lowest BCUT2D eigenvalue weighted by atomic mass is 9.70. The molecule has 0 bridgehead atoms. The molecule has 1 aromatic heterocycles. The third-order valence-corrected chi connectivity index (χ3v) is 7.03. The van der Waals surface area contributed by atoms with Crippen molar-refractivity contribution in [1.29, 1.82) is 0 Å². The van der Waals surface area contributed by atoms with Crippen LogP contribution in [-0.4, -0.2) is 35.4 Å². The van der Waals surface area contributed by atoms with E-state index in [4.69, 9.17) is 14.3 Å². The van der Waals surface area contributed by atoms with E-state index in [0.717, 1.165) is 35.1 Å². The molecule has 3 N–H and O–H groups in total. The van der Waals surface area contributed by atoms with Crippen molar-refractivity contribution in [3.05, 3.63) is 64.9 Å². The standard InChI is InChI=1S/C29H39NO5/c1-7-29(8-2,21-9-11-24(19(3)13-21)34-18-26(31)28(4,5)6)22-10-12-25-20(14-22)15-23(35-25)16-30-17-27(32)33/h9-15,26,30-31H,7-8,16-18H2,1-6H3,(H,32,33). The first-order chi connectivity index (χ1) is 16.5. The van der Waals surface area contributed by atoms with Crippen LogP contribution in [-0.2, 0) is 16.8 Å². The van der Waals surface area contributed by atoms with Gasteiger partial charge in [-0.3, -0.25) is 10.1 Å². The minimum Gasteiger partial charge on any atom is -0.491 e. The Bertz CT molecular complexity index is 1150. The predicted octanol–water partition coefficient (Wildman–Crippen LogP) is 5.81. The molecule has 2 aromatic carbocycles. The van der Waals surface area contributed by atoms with Crippen LogP contribution in [0.5, 0.6) is 5.75 Å². The smallest absolute Gasteiger partial charge is 0.317 e. The van der Waals surface area contributed by atoms with Gasteiger partial charge in [-0.15, -0.1) is 0 Å². The molecule has 1 heterocycles. The summed E-state index contributed by atoms with van der Waals surface area (Å²) in [6.07, 6.45) is 1.32. The maximum atomic E-state index is 10.8. The molecule has 1 unspecified atom stereocenters. The second-order valence-electron chi connectivity index (χ2n) is 10.4. The van der Waals surface area contributed by atoms with Gasteiger partial charge in [0.25, 0.3) is 0 Å². The number of aliphatic carboxylic acids is 1. The van der Waals surface area contributed by atoms with Crippen LogP contribution in [0.3, 0.4) is 0 Å². The maximum Gasteiger partial charge on any atom is 0.317 e. The number of carbonyl (C=O) groups is 1. The number of hydrogen-bond donors (Lipinski definition) is 3. The summed E-state index contributed by atoms with van der Waals surface area (Å²) in [5.74, 6) is 0.616. The van der Waals surface area contributed by atoms with Crippen molar-refractivity contribution in [2.45, 2.75) is 72.4 Å². The van der Waals surface area contributed by atoms with Gasteiger partial charge in [-0.1, -0.05) is 52.8 Å². The number of fused-ring (bicyclic) bond motifs is 1. The lowest BCUT2D eigenvalue weighted by Crippen LogP contribution is -2.32. The van der Waals surface area contributed by atoms with Crippen molar-refractivity contribution < 1.29 is 24.2 Å². The van der Waals surface area contributed by atoms with E-state index in [2.05, 4.69) is 43.4 Å². The van der Waals surface area contributed by atoms with E-state index in [-0.39, 0.29) is 24.0 Å². The van der Waals surface area contributed by atoms with E-state index in [9.17, 15) is 9.90 Å². The molecule has 0 amide bonds. The summed E-state index contributed by atoms with van der Waals surface area (Å²) in [5, 5.41) is 23.1. The Hall–Kier alpha value is -2.83. The average molecular weight is 482 g/mol. The Morgan fingerprint density at radius 2 is 1.71 bits per heavy atom. The third-order valence-electron chi connectivity index (χ3n) is 7.03. The molecule has 0 aliphatic heterocycles. The van der Waals surface area contributed by atoms with Crippen molar-refractivity contribution in [2.75, 3.05) is 13.2 Å². The maximum absolute atomic E-state index is 10.8. The Kier molecular flexibility index (Phi) is 8.29. The zero-order chi connectivity index (χ0) is 25.8. The van der Waals surface area contributed by atoms with Gasteiger partial charge in [0.1, 0.15) is 23.7 Å². The number of carboxylic acids is 1. The number of hydrogen-bond acceptors (Lipinski definition) is 5. The number of aliphatic hydroxyl groups excluding tert-OH is 1. The highest BCUT2D eigenvalue weighted by Gasteiger charge is 2.32. The van der Waals surface area contributed by atoms with Crippen molar-refractivity contribution in [3.63, 3.8) is 0 Å². The first kappa shape index (κ1) is 26.8. The van der Waals surface area contributed by atoms with Crippen LogP contribution < -0.4 is 10.1 Å². The first-order valence-electron chi connectivity index (χ1n) is 12.4. The molecule has 6 heteroatoms. The van der Waals surface area contributed by atoms with Gasteiger partial charge in [0.15, 0.2) is 0 Å². The fraction of sp³-hybridized carbons (Fsp3) is 0.483. The van der Waals surface area contributed by atoms with Gasteiger partial charge in [0.2, 0.25) is 0 Å². The highest BCUT2D eigenvalue weighted by atomic mass is 16.5. The lowest BCUT2D eigenvalue weighted by molar-refractivity contribution is -0.136. The highest BCUT2D eigenvalue weighted by Crippen LogP contribution is 2.41. The molecular formula is C29H39NO5. The number of carboxylic acid groups (broad SMARTS) is 1. The number of rotatable bonds is 11. The van der Waals surface area contributed by atoms with E-state index < -0.39 is 12.1 Å². The number of aryl methyl sites for hydroxylation is 1. The molecule has 6 nitrogen and oxygen atoms in total. The van der Waals surface area contributed by atoms with E-state index in [1.807, 2.05) is 45.9 Å². The van der Waals surface area contributed by atoms with Gasteiger partial charge in [0.05, 0.1) is 19.2 Å². The number of furan rings is 1. The highest BCUT2D eigenvalue weighted by molar-refractivity contribution is 5.79. The van der Waals surface area contributed by atoms with Crippen LogP contribution in [0, 0.1) is 12.3 Å². The zero-order valence-electron chi connectivity index (χ0n) is 21.8. The Balaban J connectivity index is 1.88. The summed E-state index contributed by atoms with van der Waals surface area (Å²) in [7, 11) is 0. The molecule has 0 fully saturated rings. The predicted molar refractivity (Wildman–Crippen MR) is 139 cm³/mol. The summed E-state index contributed by atoms with van der Waals surface area (Å²) in [6, 6.07) is 14.7. The van der Waals surface area contributed by atoms with Crippen molar-refractivity contribution in [1.82, 2.24) is 5.32 Å². The van der Waals surface area contributed by atoms with Crippen LogP contribution in [0.25, 0.3) is 11.0 Å². The number of aliphatic hydroxyl groups is 1. The fourth-order valence-corrected chi connectivity index (χ4v) is 4.54. The van der Waals surface area contributed by atoms with Crippen molar-refractivity contribution in [3.8, 4) is 5.75 Å². The third kappa shape index (κ3) is 6.06. The number of nitrogens with one attached hydrogen (secondary N) is 1. The Morgan fingerprint density at radius 3 is 2.31 bits per heavy atom. The van der Waals surface area contributed by atoms with Gasteiger partial charge < -0.3 is 19.4 Å². The number of ether oxygens (including phenoxy) is 1. The molecule has 0 saturated carbocycles. The molecular weight excluding hydrogens is 442 g/mol. The van der Waals surface area contributed by atoms with E-state index >= 15 is 0 Å². The number of benzene rings is 2. The van der Waals surface area contributed by atoms with Crippen LogP contribution >= 0.6 is 0 Å². The minimum absolute atomic E-state index is 0.106. The van der Waals surface area contributed by atoms with E-state index in [0.29, 0.717) is 12.3 Å². The monoisotopic (exact) mass is 481 g/mol. The van der Waals surface area contributed by atoms with Gasteiger partial charge in [0, 0.05) is 10.8 Å². The molecule has 1 atom stereocenters. The average Bonchev–Trinajstić information content (AvgIpc) is 3.20. The normalized spacial score (nSPS) is 13.2. The van der Waals surface area contributed by atoms with Gasteiger partial charge in [-0.05, 0) is 66.1 Å². The molecule has 0 radical (unpaired) electrons. The quantitative estimate of drug-likeness (QED) is 0.320. The molecule has 0 spiro atoms. The largest absolute Gasteiger partial charge is 0.491 e. The van der Waals surface area contributed by atoms with Crippen LogP contribution in [0.2, 0.25) is 0 Å². The van der Waals surface area contributed by atoms with Crippen LogP contribution in [0.4, 0.5) is 0 Å². The second-order valence-corrected chi connectivity index (χ2v) is 10.4. The molecule has 0 aliphatic rings. The summed E-state index contributed by atoms with van der Waals surface area (Å²) in [4.78, 5) is 10.8. The molecule has 190 valence electrons. The summed E-state index contributed by atoms with van der Waals surface area (Å²) < 4.78 is 11.9. The van der Waals surface area contributed by atoms with Crippen LogP contribution in [0.15, 0.2) is 46.9 Å². The Morgan fingerprint density at radius 1 is 1.06 bits per heavy atom. The molecule has 3 rings (SSSR count). The summed E-state index contributed by atoms with van der Waals surface area (Å²) in [6.45, 7) is 13.0. The lowest BCUT2D eigenvalue weighted by Gasteiger charge is -2.34.